The van der Waals surface area contributed by atoms with Crippen molar-refractivity contribution in [2.75, 3.05) is 19.7 Å². The van der Waals surface area contributed by atoms with Crippen molar-refractivity contribution in [1.82, 2.24) is 4.90 Å². The second-order valence-electron chi connectivity index (χ2n) is 4.27. The standard InChI is InChI=1S/C13H17NO3/c15-13(16)10-17-12-6-2-1-5-11(12)9-14-7-3-4-8-14/h1-2,5-6H,3-4,7-10H2,(H,15,16). The van der Waals surface area contributed by atoms with Crippen LogP contribution in [-0.2, 0) is 11.3 Å². The highest BCUT2D eigenvalue weighted by Crippen LogP contribution is 2.21. The Bertz CT molecular complexity index is 386. The van der Waals surface area contributed by atoms with Crippen molar-refractivity contribution in [2.24, 2.45) is 0 Å². The Hall–Kier alpha value is -1.55. The molecule has 4 nitrogen and oxygen atoms in total. The number of carbonyl (C=O) groups is 1. The molecule has 1 saturated heterocycles. The number of rotatable bonds is 5. The van der Waals surface area contributed by atoms with E-state index in [0.29, 0.717) is 5.75 Å². The maximum atomic E-state index is 10.5. The van der Waals surface area contributed by atoms with Gasteiger partial charge < -0.3 is 9.84 Å². The molecule has 0 aromatic heterocycles. The van der Waals surface area contributed by atoms with E-state index in [1.165, 1.54) is 12.8 Å². The van der Waals surface area contributed by atoms with Crippen molar-refractivity contribution in [2.45, 2.75) is 19.4 Å². The lowest BCUT2D eigenvalue weighted by molar-refractivity contribution is -0.139. The minimum Gasteiger partial charge on any atom is -0.482 e. The molecule has 92 valence electrons. The smallest absolute Gasteiger partial charge is 0.341 e. The van der Waals surface area contributed by atoms with Crippen LogP contribution in [0.5, 0.6) is 5.75 Å². The number of carboxylic acids is 1. The molecule has 0 aliphatic carbocycles. The summed E-state index contributed by atoms with van der Waals surface area (Å²) >= 11 is 0. The minimum absolute atomic E-state index is 0.281. The van der Waals surface area contributed by atoms with Crippen molar-refractivity contribution < 1.29 is 14.6 Å². The molecular weight excluding hydrogens is 218 g/mol. The maximum Gasteiger partial charge on any atom is 0.341 e. The average molecular weight is 235 g/mol. The first-order valence-electron chi connectivity index (χ1n) is 5.90. The summed E-state index contributed by atoms with van der Waals surface area (Å²) in [4.78, 5) is 12.9. The van der Waals surface area contributed by atoms with Gasteiger partial charge in [0.1, 0.15) is 5.75 Å². The Kier molecular flexibility index (Phi) is 3.98. The van der Waals surface area contributed by atoms with Crippen molar-refractivity contribution in [1.29, 1.82) is 0 Å². The Labute approximate surface area is 101 Å². The fourth-order valence-corrected chi connectivity index (χ4v) is 2.10. The molecule has 1 aromatic rings. The van der Waals surface area contributed by atoms with Gasteiger partial charge >= 0.3 is 5.97 Å². The van der Waals surface area contributed by atoms with E-state index in [0.717, 1.165) is 25.2 Å². The lowest BCUT2D eigenvalue weighted by atomic mass is 10.2. The number of para-hydroxylation sites is 1. The third-order valence-electron chi connectivity index (χ3n) is 2.92. The fraction of sp³-hybridized carbons (Fsp3) is 0.462. The first-order chi connectivity index (χ1) is 8.25. The molecule has 17 heavy (non-hydrogen) atoms. The molecule has 0 spiro atoms. The summed E-state index contributed by atoms with van der Waals surface area (Å²) in [5.74, 6) is -0.261. The molecule has 1 aliphatic rings. The van der Waals surface area contributed by atoms with Gasteiger partial charge in [0.2, 0.25) is 0 Å². The van der Waals surface area contributed by atoms with Gasteiger partial charge in [-0.15, -0.1) is 0 Å². The van der Waals surface area contributed by atoms with Crippen LogP contribution in [0.4, 0.5) is 0 Å². The second kappa shape index (κ2) is 5.68. The number of likely N-dealkylation sites (tertiary alicyclic amines) is 1. The van der Waals surface area contributed by atoms with E-state index in [9.17, 15) is 4.79 Å². The van der Waals surface area contributed by atoms with Crippen molar-refractivity contribution >= 4 is 5.97 Å². The number of benzene rings is 1. The number of carboxylic acid groups (broad SMARTS) is 1. The van der Waals surface area contributed by atoms with Crippen molar-refractivity contribution in [3.63, 3.8) is 0 Å². The van der Waals surface area contributed by atoms with Gasteiger partial charge in [-0.25, -0.2) is 4.79 Å². The van der Waals surface area contributed by atoms with Gasteiger partial charge in [0.05, 0.1) is 0 Å². The lowest BCUT2D eigenvalue weighted by Crippen LogP contribution is -2.19. The van der Waals surface area contributed by atoms with Crippen LogP contribution < -0.4 is 4.74 Å². The normalized spacial score (nSPS) is 16.0. The van der Waals surface area contributed by atoms with E-state index >= 15 is 0 Å². The van der Waals surface area contributed by atoms with Gasteiger partial charge in [0, 0.05) is 12.1 Å². The van der Waals surface area contributed by atoms with Crippen molar-refractivity contribution in [3.8, 4) is 5.75 Å². The third-order valence-corrected chi connectivity index (χ3v) is 2.92. The number of ether oxygens (including phenoxy) is 1. The summed E-state index contributed by atoms with van der Waals surface area (Å²) in [6, 6.07) is 7.65. The zero-order valence-corrected chi connectivity index (χ0v) is 9.76. The van der Waals surface area contributed by atoms with E-state index in [1.807, 2.05) is 24.3 Å². The summed E-state index contributed by atoms with van der Waals surface area (Å²) in [6.07, 6.45) is 2.50. The van der Waals surface area contributed by atoms with Gasteiger partial charge in [-0.1, -0.05) is 18.2 Å². The second-order valence-corrected chi connectivity index (χ2v) is 4.27. The van der Waals surface area contributed by atoms with Crippen LogP contribution in [0.3, 0.4) is 0 Å². The van der Waals surface area contributed by atoms with Crippen LogP contribution in [0.25, 0.3) is 0 Å². The highest BCUT2D eigenvalue weighted by molar-refractivity contribution is 5.68. The first-order valence-corrected chi connectivity index (χ1v) is 5.90. The number of hydrogen-bond donors (Lipinski definition) is 1. The first kappa shape index (κ1) is 11.9. The Morgan fingerprint density at radius 3 is 2.71 bits per heavy atom. The third kappa shape index (κ3) is 3.46. The van der Waals surface area contributed by atoms with Crippen LogP contribution in [0, 0.1) is 0 Å². The summed E-state index contributed by atoms with van der Waals surface area (Å²) in [7, 11) is 0. The van der Waals surface area contributed by atoms with Crippen LogP contribution in [0.15, 0.2) is 24.3 Å². The van der Waals surface area contributed by atoms with Crippen LogP contribution >= 0.6 is 0 Å². The molecule has 1 aliphatic heterocycles. The quantitative estimate of drug-likeness (QED) is 0.844. The molecule has 0 unspecified atom stereocenters. The summed E-state index contributed by atoms with van der Waals surface area (Å²) in [6.45, 7) is 2.80. The SMILES string of the molecule is O=C(O)COc1ccccc1CN1CCCC1. The summed E-state index contributed by atoms with van der Waals surface area (Å²) < 4.78 is 5.28. The topological polar surface area (TPSA) is 49.8 Å². The largest absolute Gasteiger partial charge is 0.482 e. The zero-order valence-electron chi connectivity index (χ0n) is 9.76. The highest BCUT2D eigenvalue weighted by atomic mass is 16.5. The summed E-state index contributed by atoms with van der Waals surface area (Å²) in [5.41, 5.74) is 1.07. The average Bonchev–Trinajstić information content (AvgIpc) is 2.80. The van der Waals surface area contributed by atoms with Gasteiger partial charge in [0.25, 0.3) is 0 Å². The van der Waals surface area contributed by atoms with Crippen LogP contribution in [0.2, 0.25) is 0 Å². The maximum absolute atomic E-state index is 10.5. The molecule has 2 rings (SSSR count). The van der Waals surface area contributed by atoms with E-state index < -0.39 is 5.97 Å². The minimum atomic E-state index is -0.944. The molecule has 4 heteroatoms. The molecule has 0 atom stereocenters. The molecular formula is C13H17NO3. The lowest BCUT2D eigenvalue weighted by Gasteiger charge is -2.17. The Balaban J connectivity index is 2.01. The molecule has 0 amide bonds. The molecule has 0 radical (unpaired) electrons. The van der Waals surface area contributed by atoms with Crippen LogP contribution in [-0.4, -0.2) is 35.7 Å². The highest BCUT2D eigenvalue weighted by Gasteiger charge is 2.14. The predicted molar refractivity (Wildman–Crippen MR) is 64.1 cm³/mol. The number of hydrogen-bond acceptors (Lipinski definition) is 3. The van der Waals surface area contributed by atoms with E-state index in [2.05, 4.69) is 4.90 Å². The number of aliphatic carboxylic acids is 1. The molecule has 1 N–H and O–H groups in total. The molecule has 0 saturated carbocycles. The fourth-order valence-electron chi connectivity index (χ4n) is 2.10. The van der Waals surface area contributed by atoms with Gasteiger partial charge in [-0.3, -0.25) is 4.90 Å². The number of nitrogens with zero attached hydrogens (tertiary/aromatic N) is 1. The van der Waals surface area contributed by atoms with Gasteiger partial charge in [-0.2, -0.15) is 0 Å². The van der Waals surface area contributed by atoms with Crippen molar-refractivity contribution in [3.05, 3.63) is 29.8 Å². The van der Waals surface area contributed by atoms with E-state index in [-0.39, 0.29) is 6.61 Å². The summed E-state index contributed by atoms with van der Waals surface area (Å²) in [5, 5.41) is 8.61. The zero-order chi connectivity index (χ0) is 12.1. The molecule has 1 fully saturated rings. The van der Waals surface area contributed by atoms with Gasteiger partial charge in [-0.05, 0) is 32.0 Å². The molecule has 1 heterocycles. The van der Waals surface area contributed by atoms with E-state index in [1.54, 1.807) is 0 Å². The Morgan fingerprint density at radius 1 is 1.29 bits per heavy atom. The molecule has 1 aromatic carbocycles. The Morgan fingerprint density at radius 2 is 2.00 bits per heavy atom. The monoisotopic (exact) mass is 235 g/mol. The van der Waals surface area contributed by atoms with Crippen LogP contribution in [0.1, 0.15) is 18.4 Å². The predicted octanol–water partition coefficient (Wildman–Crippen LogP) is 1.75. The van der Waals surface area contributed by atoms with E-state index in [4.69, 9.17) is 9.84 Å². The van der Waals surface area contributed by atoms with Gasteiger partial charge in [0.15, 0.2) is 6.61 Å². The molecule has 0 bridgehead atoms.